The summed E-state index contributed by atoms with van der Waals surface area (Å²) in [6.45, 7) is 3.23. The Labute approximate surface area is 190 Å². The lowest BCUT2D eigenvalue weighted by Crippen LogP contribution is -2.06. The van der Waals surface area contributed by atoms with Gasteiger partial charge in [0.2, 0.25) is 0 Å². The van der Waals surface area contributed by atoms with Crippen LogP contribution in [0.25, 0.3) is 0 Å². The highest BCUT2D eigenvalue weighted by atomic mass is 35.5. The van der Waals surface area contributed by atoms with Crippen LogP contribution in [0.1, 0.15) is 18.1 Å². The summed E-state index contributed by atoms with van der Waals surface area (Å²) >= 11 is 24.5. The van der Waals surface area contributed by atoms with E-state index in [2.05, 4.69) is 5.32 Å². The molecule has 0 heterocycles. The number of hydrogen-bond donors (Lipinski definition) is 1. The fourth-order valence-corrected chi connectivity index (χ4v) is 3.68. The zero-order chi connectivity index (χ0) is 20.8. The predicted octanol–water partition coefficient (Wildman–Crippen LogP) is 7.89. The molecule has 3 nitrogen and oxygen atoms in total. The topological polar surface area (TPSA) is 30.5 Å². The molecule has 0 atom stereocenters. The molecular formula is C22H19Cl4NO2. The smallest absolute Gasteiger partial charge is 0.166 e. The van der Waals surface area contributed by atoms with Crippen LogP contribution in [0, 0.1) is 0 Å². The number of halogens is 4. The molecule has 0 saturated carbocycles. The van der Waals surface area contributed by atoms with Crippen molar-refractivity contribution in [3.8, 4) is 11.5 Å². The molecule has 0 aliphatic rings. The Morgan fingerprint density at radius 3 is 2.21 bits per heavy atom. The van der Waals surface area contributed by atoms with Crippen molar-refractivity contribution < 1.29 is 9.47 Å². The maximum Gasteiger partial charge on any atom is 0.166 e. The molecule has 3 aromatic rings. The van der Waals surface area contributed by atoms with Crippen LogP contribution >= 0.6 is 46.4 Å². The molecule has 152 valence electrons. The molecular weight excluding hydrogens is 452 g/mol. The molecule has 0 radical (unpaired) electrons. The van der Waals surface area contributed by atoms with Crippen molar-refractivity contribution in [1.29, 1.82) is 0 Å². The fraction of sp³-hybridized carbons (Fsp3) is 0.182. The molecule has 0 spiro atoms. The number of hydrogen-bond acceptors (Lipinski definition) is 3. The summed E-state index contributed by atoms with van der Waals surface area (Å²) in [6.07, 6.45) is 0. The van der Waals surface area contributed by atoms with Crippen molar-refractivity contribution in [2.75, 3.05) is 11.9 Å². The molecule has 3 aromatic carbocycles. The zero-order valence-corrected chi connectivity index (χ0v) is 18.7. The fourth-order valence-electron chi connectivity index (χ4n) is 2.75. The number of anilines is 1. The van der Waals surface area contributed by atoms with Crippen LogP contribution in [0.3, 0.4) is 0 Å². The Bertz CT molecular complexity index is 995. The standard InChI is InChI=1S/C22H19Cl4NO2/c1-2-28-21-5-3-4-14(12-27-20-9-8-17(24)11-19(20)26)22(21)29-13-15-6-7-16(23)10-18(15)25/h3-11,27H,2,12-13H2,1H3. The average molecular weight is 471 g/mol. The summed E-state index contributed by atoms with van der Waals surface area (Å²) < 4.78 is 11.9. The summed E-state index contributed by atoms with van der Waals surface area (Å²) in [4.78, 5) is 0. The van der Waals surface area contributed by atoms with E-state index in [1.165, 1.54) is 0 Å². The van der Waals surface area contributed by atoms with Gasteiger partial charge in [0.1, 0.15) is 6.61 Å². The Balaban J connectivity index is 1.82. The monoisotopic (exact) mass is 469 g/mol. The molecule has 0 aromatic heterocycles. The van der Waals surface area contributed by atoms with Crippen molar-refractivity contribution in [2.24, 2.45) is 0 Å². The van der Waals surface area contributed by atoms with Gasteiger partial charge in [-0.25, -0.2) is 0 Å². The molecule has 29 heavy (non-hydrogen) atoms. The van der Waals surface area contributed by atoms with Gasteiger partial charge in [0.05, 0.1) is 17.3 Å². The van der Waals surface area contributed by atoms with E-state index in [0.717, 1.165) is 16.8 Å². The van der Waals surface area contributed by atoms with E-state index in [1.807, 2.05) is 37.3 Å². The Morgan fingerprint density at radius 1 is 0.793 bits per heavy atom. The Hall–Kier alpha value is -1.78. The van der Waals surface area contributed by atoms with E-state index in [9.17, 15) is 0 Å². The van der Waals surface area contributed by atoms with Crippen LogP contribution in [-0.2, 0) is 13.2 Å². The number of benzene rings is 3. The average Bonchev–Trinajstić information content (AvgIpc) is 2.68. The number of ether oxygens (including phenoxy) is 2. The highest BCUT2D eigenvalue weighted by molar-refractivity contribution is 6.36. The van der Waals surface area contributed by atoms with E-state index in [4.69, 9.17) is 55.9 Å². The summed E-state index contributed by atoms with van der Waals surface area (Å²) in [5.41, 5.74) is 2.54. The van der Waals surface area contributed by atoms with Gasteiger partial charge in [0.25, 0.3) is 0 Å². The molecule has 0 amide bonds. The van der Waals surface area contributed by atoms with Crippen molar-refractivity contribution in [3.05, 3.63) is 85.8 Å². The first-order chi connectivity index (χ1) is 14.0. The molecule has 0 aliphatic carbocycles. The van der Waals surface area contributed by atoms with Gasteiger partial charge in [0, 0.05) is 32.7 Å². The van der Waals surface area contributed by atoms with E-state index in [-0.39, 0.29) is 6.61 Å². The predicted molar refractivity (Wildman–Crippen MR) is 122 cm³/mol. The van der Waals surface area contributed by atoms with Gasteiger partial charge in [-0.2, -0.15) is 0 Å². The van der Waals surface area contributed by atoms with E-state index in [0.29, 0.717) is 44.7 Å². The highest BCUT2D eigenvalue weighted by Gasteiger charge is 2.13. The van der Waals surface area contributed by atoms with Gasteiger partial charge in [-0.1, -0.05) is 64.6 Å². The maximum absolute atomic E-state index is 6.27. The second-order valence-electron chi connectivity index (χ2n) is 6.18. The molecule has 1 N–H and O–H groups in total. The first kappa shape index (κ1) is 21.9. The zero-order valence-electron chi connectivity index (χ0n) is 15.6. The SMILES string of the molecule is CCOc1cccc(CNc2ccc(Cl)cc2Cl)c1OCc1ccc(Cl)cc1Cl. The van der Waals surface area contributed by atoms with Crippen LogP contribution in [-0.4, -0.2) is 6.61 Å². The first-order valence-corrected chi connectivity index (χ1v) is 10.5. The number of nitrogens with one attached hydrogen (secondary N) is 1. The minimum Gasteiger partial charge on any atom is -0.490 e. The van der Waals surface area contributed by atoms with Gasteiger partial charge in [-0.05, 0) is 43.3 Å². The summed E-state index contributed by atoms with van der Waals surface area (Å²) in [5.74, 6) is 1.32. The van der Waals surface area contributed by atoms with Crippen LogP contribution < -0.4 is 14.8 Å². The van der Waals surface area contributed by atoms with Gasteiger partial charge in [0.15, 0.2) is 11.5 Å². The van der Waals surface area contributed by atoms with Crippen molar-refractivity contribution in [1.82, 2.24) is 0 Å². The third kappa shape index (κ3) is 5.86. The van der Waals surface area contributed by atoms with Crippen LogP contribution in [0.4, 0.5) is 5.69 Å². The third-order valence-corrected chi connectivity index (χ3v) is 5.28. The van der Waals surface area contributed by atoms with Crippen LogP contribution in [0.5, 0.6) is 11.5 Å². The van der Waals surface area contributed by atoms with E-state index >= 15 is 0 Å². The molecule has 3 rings (SSSR count). The second-order valence-corrected chi connectivity index (χ2v) is 7.87. The van der Waals surface area contributed by atoms with Crippen molar-refractivity contribution in [2.45, 2.75) is 20.1 Å². The largest absolute Gasteiger partial charge is 0.490 e. The highest BCUT2D eigenvalue weighted by Crippen LogP contribution is 2.34. The Morgan fingerprint density at radius 2 is 1.52 bits per heavy atom. The Kier molecular flexibility index (Phi) is 7.79. The number of para-hydroxylation sites is 1. The summed E-state index contributed by atoms with van der Waals surface area (Å²) in [5, 5.41) is 5.59. The second kappa shape index (κ2) is 10.3. The molecule has 0 fully saturated rings. The van der Waals surface area contributed by atoms with Crippen LogP contribution in [0.2, 0.25) is 20.1 Å². The maximum atomic E-state index is 6.27. The minimum absolute atomic E-state index is 0.286. The molecule has 0 unspecified atom stereocenters. The van der Waals surface area contributed by atoms with Gasteiger partial charge < -0.3 is 14.8 Å². The lowest BCUT2D eigenvalue weighted by molar-refractivity contribution is 0.267. The quantitative estimate of drug-likeness (QED) is 0.363. The van der Waals surface area contributed by atoms with Crippen molar-refractivity contribution in [3.63, 3.8) is 0 Å². The molecule has 0 saturated heterocycles. The van der Waals surface area contributed by atoms with Gasteiger partial charge in [-0.3, -0.25) is 0 Å². The number of rotatable bonds is 8. The van der Waals surface area contributed by atoms with Gasteiger partial charge in [-0.15, -0.1) is 0 Å². The van der Waals surface area contributed by atoms with Gasteiger partial charge >= 0.3 is 0 Å². The summed E-state index contributed by atoms with van der Waals surface area (Å²) in [6, 6.07) is 16.4. The molecule has 0 aliphatic heterocycles. The first-order valence-electron chi connectivity index (χ1n) is 8.98. The normalized spacial score (nSPS) is 10.7. The molecule has 7 heteroatoms. The van der Waals surface area contributed by atoms with E-state index in [1.54, 1.807) is 24.3 Å². The van der Waals surface area contributed by atoms with Crippen LogP contribution in [0.15, 0.2) is 54.6 Å². The summed E-state index contributed by atoms with van der Waals surface area (Å²) in [7, 11) is 0. The molecule has 0 bridgehead atoms. The lowest BCUT2D eigenvalue weighted by atomic mass is 10.1. The lowest BCUT2D eigenvalue weighted by Gasteiger charge is -2.17. The van der Waals surface area contributed by atoms with E-state index < -0.39 is 0 Å². The van der Waals surface area contributed by atoms with Crippen molar-refractivity contribution >= 4 is 52.1 Å². The minimum atomic E-state index is 0.286. The third-order valence-electron chi connectivity index (χ3n) is 4.15.